The molecule has 1 aliphatic heterocycles. The predicted octanol–water partition coefficient (Wildman–Crippen LogP) is 0.854. The Hall–Kier alpha value is -0.940. The Kier molecular flexibility index (Phi) is 2.79. The third kappa shape index (κ3) is 1.93. The van der Waals surface area contributed by atoms with E-state index in [-0.39, 0.29) is 6.10 Å². The van der Waals surface area contributed by atoms with Crippen molar-refractivity contribution in [2.24, 2.45) is 0 Å². The number of aromatic nitrogens is 2. The number of hydrogen-bond donors (Lipinski definition) is 1. The van der Waals surface area contributed by atoms with Crippen LogP contribution in [-0.2, 0) is 4.74 Å². The number of nitrogens with zero attached hydrogens (tertiary/aromatic N) is 2. The van der Waals surface area contributed by atoms with Crippen LogP contribution in [0.3, 0.4) is 0 Å². The van der Waals surface area contributed by atoms with Gasteiger partial charge in [-0.2, -0.15) is 4.98 Å². The van der Waals surface area contributed by atoms with Crippen LogP contribution in [0.2, 0.25) is 0 Å². The van der Waals surface area contributed by atoms with Gasteiger partial charge in [-0.3, -0.25) is 0 Å². The SMILES string of the molecule is CC(C)c1noc(C2CNCCO2)n1. The topological polar surface area (TPSA) is 60.2 Å². The highest BCUT2D eigenvalue weighted by Gasteiger charge is 2.22. The highest BCUT2D eigenvalue weighted by Crippen LogP contribution is 2.18. The van der Waals surface area contributed by atoms with Gasteiger partial charge in [0.25, 0.3) is 5.89 Å². The fourth-order valence-electron chi connectivity index (χ4n) is 1.34. The minimum atomic E-state index is -0.0799. The monoisotopic (exact) mass is 197 g/mol. The molecule has 2 heterocycles. The summed E-state index contributed by atoms with van der Waals surface area (Å²) in [6, 6.07) is 0. The molecule has 0 spiro atoms. The number of rotatable bonds is 2. The van der Waals surface area contributed by atoms with Gasteiger partial charge in [0.05, 0.1) is 6.61 Å². The molecule has 1 N–H and O–H groups in total. The molecule has 0 bridgehead atoms. The highest BCUT2D eigenvalue weighted by molar-refractivity contribution is 4.95. The van der Waals surface area contributed by atoms with Crippen molar-refractivity contribution in [1.82, 2.24) is 15.5 Å². The van der Waals surface area contributed by atoms with Gasteiger partial charge in [0.15, 0.2) is 5.82 Å². The zero-order chi connectivity index (χ0) is 9.97. The number of ether oxygens (including phenoxy) is 1. The number of morpholine rings is 1. The molecule has 5 nitrogen and oxygen atoms in total. The molecule has 0 aliphatic carbocycles. The molecule has 0 saturated carbocycles. The largest absolute Gasteiger partial charge is 0.366 e. The molecule has 5 heteroatoms. The third-order valence-electron chi connectivity index (χ3n) is 2.18. The van der Waals surface area contributed by atoms with Crippen LogP contribution in [-0.4, -0.2) is 29.8 Å². The Balaban J connectivity index is 2.07. The lowest BCUT2D eigenvalue weighted by atomic mass is 10.2. The Labute approximate surface area is 82.8 Å². The van der Waals surface area contributed by atoms with Gasteiger partial charge in [-0.1, -0.05) is 19.0 Å². The summed E-state index contributed by atoms with van der Waals surface area (Å²) in [5.41, 5.74) is 0. The first-order chi connectivity index (χ1) is 6.77. The second kappa shape index (κ2) is 4.06. The van der Waals surface area contributed by atoms with E-state index in [1.807, 2.05) is 13.8 Å². The van der Waals surface area contributed by atoms with E-state index in [1.54, 1.807) is 0 Å². The van der Waals surface area contributed by atoms with Crippen LogP contribution < -0.4 is 5.32 Å². The van der Waals surface area contributed by atoms with Gasteiger partial charge in [0.2, 0.25) is 0 Å². The maximum atomic E-state index is 5.50. The zero-order valence-corrected chi connectivity index (χ0v) is 8.49. The standard InChI is InChI=1S/C9H15N3O2/c1-6(2)8-11-9(14-12-8)7-5-10-3-4-13-7/h6-7,10H,3-5H2,1-2H3. The number of hydrogen-bond acceptors (Lipinski definition) is 5. The van der Waals surface area contributed by atoms with Crippen molar-refractivity contribution in [2.45, 2.75) is 25.9 Å². The van der Waals surface area contributed by atoms with Crippen LogP contribution in [0.1, 0.15) is 37.6 Å². The Bertz CT molecular complexity index is 292. The lowest BCUT2D eigenvalue weighted by Gasteiger charge is -2.19. The Morgan fingerprint density at radius 2 is 2.36 bits per heavy atom. The van der Waals surface area contributed by atoms with Gasteiger partial charge < -0.3 is 14.6 Å². The summed E-state index contributed by atoms with van der Waals surface area (Å²) in [5, 5.41) is 7.12. The average Bonchev–Trinajstić information content (AvgIpc) is 2.68. The van der Waals surface area contributed by atoms with E-state index in [0.717, 1.165) is 18.9 Å². The molecule has 1 aromatic heterocycles. The Morgan fingerprint density at radius 3 is 2.93 bits per heavy atom. The van der Waals surface area contributed by atoms with Crippen molar-refractivity contribution in [3.63, 3.8) is 0 Å². The molecule has 2 rings (SSSR count). The van der Waals surface area contributed by atoms with E-state index < -0.39 is 0 Å². The van der Waals surface area contributed by atoms with Gasteiger partial charge in [0, 0.05) is 19.0 Å². The molecule has 1 aromatic rings. The Morgan fingerprint density at radius 1 is 1.50 bits per heavy atom. The van der Waals surface area contributed by atoms with Crippen molar-refractivity contribution in [3.05, 3.63) is 11.7 Å². The molecule has 0 aromatic carbocycles. The van der Waals surface area contributed by atoms with E-state index in [2.05, 4.69) is 15.5 Å². The van der Waals surface area contributed by atoms with Crippen molar-refractivity contribution >= 4 is 0 Å². The second-order valence-corrected chi connectivity index (χ2v) is 3.71. The molecule has 1 aliphatic rings. The molecular weight excluding hydrogens is 182 g/mol. The minimum absolute atomic E-state index is 0.0799. The van der Waals surface area contributed by atoms with E-state index >= 15 is 0 Å². The molecule has 78 valence electrons. The van der Waals surface area contributed by atoms with E-state index in [0.29, 0.717) is 18.4 Å². The first kappa shape index (κ1) is 9.61. The van der Waals surface area contributed by atoms with Crippen LogP contribution >= 0.6 is 0 Å². The zero-order valence-electron chi connectivity index (χ0n) is 8.49. The van der Waals surface area contributed by atoms with E-state index in [1.165, 1.54) is 0 Å². The highest BCUT2D eigenvalue weighted by atomic mass is 16.5. The first-order valence-electron chi connectivity index (χ1n) is 4.93. The molecular formula is C9H15N3O2. The third-order valence-corrected chi connectivity index (χ3v) is 2.18. The summed E-state index contributed by atoms with van der Waals surface area (Å²) in [5.74, 6) is 1.62. The van der Waals surface area contributed by atoms with Gasteiger partial charge in [0.1, 0.15) is 6.10 Å². The summed E-state index contributed by atoms with van der Waals surface area (Å²) < 4.78 is 10.6. The maximum Gasteiger partial charge on any atom is 0.257 e. The second-order valence-electron chi connectivity index (χ2n) is 3.71. The fraction of sp³-hybridized carbons (Fsp3) is 0.778. The summed E-state index contributed by atoms with van der Waals surface area (Å²) in [7, 11) is 0. The summed E-state index contributed by atoms with van der Waals surface area (Å²) in [6.45, 7) is 6.41. The predicted molar refractivity (Wildman–Crippen MR) is 49.9 cm³/mol. The van der Waals surface area contributed by atoms with Crippen LogP contribution in [0, 0.1) is 0 Å². The molecule has 1 saturated heterocycles. The van der Waals surface area contributed by atoms with E-state index in [4.69, 9.17) is 9.26 Å². The van der Waals surface area contributed by atoms with Gasteiger partial charge in [-0.15, -0.1) is 0 Å². The maximum absolute atomic E-state index is 5.50. The summed E-state index contributed by atoms with van der Waals surface area (Å²) in [4.78, 5) is 4.29. The molecule has 1 fully saturated rings. The van der Waals surface area contributed by atoms with Crippen LogP contribution in [0.4, 0.5) is 0 Å². The number of nitrogens with one attached hydrogen (secondary N) is 1. The molecule has 0 amide bonds. The quantitative estimate of drug-likeness (QED) is 0.761. The first-order valence-corrected chi connectivity index (χ1v) is 4.93. The molecule has 1 atom stereocenters. The van der Waals surface area contributed by atoms with Gasteiger partial charge in [-0.05, 0) is 0 Å². The van der Waals surface area contributed by atoms with Gasteiger partial charge in [-0.25, -0.2) is 0 Å². The molecule has 0 radical (unpaired) electrons. The molecule has 14 heavy (non-hydrogen) atoms. The lowest BCUT2D eigenvalue weighted by molar-refractivity contribution is 0.00755. The van der Waals surface area contributed by atoms with Crippen molar-refractivity contribution in [1.29, 1.82) is 0 Å². The molecule has 1 unspecified atom stereocenters. The van der Waals surface area contributed by atoms with Crippen molar-refractivity contribution < 1.29 is 9.26 Å². The minimum Gasteiger partial charge on any atom is -0.366 e. The lowest BCUT2D eigenvalue weighted by Crippen LogP contribution is -2.33. The average molecular weight is 197 g/mol. The van der Waals surface area contributed by atoms with Crippen LogP contribution in [0.15, 0.2) is 4.52 Å². The van der Waals surface area contributed by atoms with Gasteiger partial charge >= 0.3 is 0 Å². The van der Waals surface area contributed by atoms with E-state index in [9.17, 15) is 0 Å². The smallest absolute Gasteiger partial charge is 0.257 e. The fourth-order valence-corrected chi connectivity index (χ4v) is 1.34. The normalized spacial score (nSPS) is 22.9. The van der Waals surface area contributed by atoms with Crippen LogP contribution in [0.25, 0.3) is 0 Å². The van der Waals surface area contributed by atoms with Crippen LogP contribution in [0.5, 0.6) is 0 Å². The van der Waals surface area contributed by atoms with Crippen molar-refractivity contribution in [2.75, 3.05) is 19.7 Å². The summed E-state index contributed by atoms with van der Waals surface area (Å²) >= 11 is 0. The summed E-state index contributed by atoms with van der Waals surface area (Å²) in [6.07, 6.45) is -0.0799. The van der Waals surface area contributed by atoms with Crippen molar-refractivity contribution in [3.8, 4) is 0 Å².